The zero-order chi connectivity index (χ0) is 7.86. The van der Waals surface area contributed by atoms with Crippen LogP contribution in [-0.4, -0.2) is 5.97 Å². The van der Waals surface area contributed by atoms with Gasteiger partial charge in [-0.2, -0.15) is 0 Å². The second-order valence-electron chi connectivity index (χ2n) is 1.19. The van der Waals surface area contributed by atoms with Crippen LogP contribution in [0.1, 0.15) is 20.8 Å². The molecule has 0 aromatic heterocycles. The predicted molar refractivity (Wildman–Crippen MR) is 42.0 cm³/mol. The van der Waals surface area contributed by atoms with Gasteiger partial charge in [0.05, 0.1) is 9.47 Å². The Morgan fingerprint density at radius 2 is 1.89 bits per heavy atom. The average molecular weight is 148 g/mol. The van der Waals surface area contributed by atoms with Gasteiger partial charge in [0.25, 0.3) is 0 Å². The summed E-state index contributed by atoms with van der Waals surface area (Å²) in [5, 5.41) is 0. The fraction of sp³-hybridized carbons (Fsp3) is 0.500. The molecule has 0 aromatic carbocycles. The van der Waals surface area contributed by atoms with Crippen molar-refractivity contribution in [2.75, 3.05) is 0 Å². The Morgan fingerprint density at radius 3 is 1.89 bits per heavy atom. The fourth-order valence-electron chi connectivity index (χ4n) is 0.101. The maximum atomic E-state index is 10.2. The van der Waals surface area contributed by atoms with Crippen LogP contribution in [0.25, 0.3) is 0 Å². The number of hydrogen-bond donors (Lipinski definition) is 0. The minimum atomic E-state index is -0.384. The summed E-state index contributed by atoms with van der Waals surface area (Å²) in [7, 11) is 1.85. The van der Waals surface area contributed by atoms with Gasteiger partial charge in [0.1, 0.15) is 0 Å². The molecule has 0 bridgehead atoms. The maximum Gasteiger partial charge on any atom is 0.335 e. The standard InChI is InChI=1S/C4H7O2P.C2H6/c1-3(2)4(5)6-7;1-2/h1,7H2,2H3;1-2H3. The van der Waals surface area contributed by atoms with Crippen LogP contribution in [0.3, 0.4) is 0 Å². The summed E-state index contributed by atoms with van der Waals surface area (Å²) in [5.74, 6) is -0.384. The Hall–Kier alpha value is -0.360. The number of hydrogen-bond acceptors (Lipinski definition) is 2. The Kier molecular flexibility index (Phi) is 9.71. The third-order valence-corrected chi connectivity index (χ3v) is 0.670. The molecule has 0 amide bonds. The minimum Gasteiger partial charge on any atom is -0.448 e. The Balaban J connectivity index is 0. The third kappa shape index (κ3) is 7.64. The zero-order valence-corrected chi connectivity index (χ0v) is 7.26. The number of carbonyl (C=O) groups excluding carboxylic acids is 1. The SMILES string of the molecule is C=C(C)C(=O)OP.CC. The monoisotopic (exact) mass is 148 g/mol. The highest BCUT2D eigenvalue weighted by Gasteiger charge is 1.95. The summed E-state index contributed by atoms with van der Waals surface area (Å²) in [6, 6.07) is 0. The Bertz CT molecular complexity index is 99.2. The molecule has 3 heteroatoms. The fourth-order valence-corrected chi connectivity index (χ4v) is 0.302. The zero-order valence-electron chi connectivity index (χ0n) is 6.10. The van der Waals surface area contributed by atoms with E-state index >= 15 is 0 Å². The smallest absolute Gasteiger partial charge is 0.335 e. The topological polar surface area (TPSA) is 26.3 Å². The first-order valence-electron chi connectivity index (χ1n) is 2.75. The van der Waals surface area contributed by atoms with Gasteiger partial charge in [-0.3, -0.25) is 0 Å². The van der Waals surface area contributed by atoms with Gasteiger partial charge >= 0.3 is 5.97 Å². The summed E-state index contributed by atoms with van der Waals surface area (Å²) in [6.45, 7) is 8.93. The average Bonchev–Trinajstić information content (AvgIpc) is 1.91. The van der Waals surface area contributed by atoms with E-state index in [1.165, 1.54) is 0 Å². The molecular formula is C6H13O2P. The summed E-state index contributed by atoms with van der Waals surface area (Å²) in [6.07, 6.45) is 0. The van der Waals surface area contributed by atoms with Crippen molar-refractivity contribution in [3.8, 4) is 0 Å². The van der Waals surface area contributed by atoms with E-state index in [4.69, 9.17) is 0 Å². The molecule has 0 radical (unpaired) electrons. The van der Waals surface area contributed by atoms with Crippen molar-refractivity contribution in [1.29, 1.82) is 0 Å². The molecule has 2 nitrogen and oxygen atoms in total. The van der Waals surface area contributed by atoms with E-state index in [0.29, 0.717) is 5.57 Å². The normalized spacial score (nSPS) is 6.67. The van der Waals surface area contributed by atoms with Gasteiger partial charge in [0, 0.05) is 5.57 Å². The van der Waals surface area contributed by atoms with Crippen molar-refractivity contribution in [1.82, 2.24) is 0 Å². The van der Waals surface area contributed by atoms with Gasteiger partial charge in [-0.25, -0.2) is 4.79 Å². The van der Waals surface area contributed by atoms with Gasteiger partial charge in [-0.1, -0.05) is 20.4 Å². The van der Waals surface area contributed by atoms with E-state index < -0.39 is 0 Å². The molecule has 0 heterocycles. The molecule has 0 saturated heterocycles. The highest BCUT2D eigenvalue weighted by Crippen LogP contribution is 1.94. The lowest BCUT2D eigenvalue weighted by Crippen LogP contribution is -1.94. The largest absolute Gasteiger partial charge is 0.448 e. The van der Waals surface area contributed by atoms with Crippen molar-refractivity contribution in [3.05, 3.63) is 12.2 Å². The van der Waals surface area contributed by atoms with E-state index in [1.807, 2.05) is 23.3 Å². The second-order valence-corrected chi connectivity index (χ2v) is 1.42. The second kappa shape index (κ2) is 7.64. The number of carbonyl (C=O) groups is 1. The predicted octanol–water partition coefficient (Wildman–Crippen LogP) is 1.92. The molecule has 54 valence electrons. The van der Waals surface area contributed by atoms with Gasteiger partial charge in [0.2, 0.25) is 0 Å². The lowest BCUT2D eigenvalue weighted by atomic mass is 10.4. The molecule has 0 aliphatic carbocycles. The summed E-state index contributed by atoms with van der Waals surface area (Å²) in [5.41, 5.74) is 0.412. The molecule has 0 aliphatic rings. The van der Waals surface area contributed by atoms with E-state index in [2.05, 4.69) is 11.1 Å². The molecule has 1 unspecified atom stereocenters. The highest BCUT2D eigenvalue weighted by molar-refractivity contribution is 7.10. The molecule has 0 aliphatic heterocycles. The van der Waals surface area contributed by atoms with E-state index in [0.717, 1.165) is 0 Å². The van der Waals surface area contributed by atoms with E-state index in [1.54, 1.807) is 6.92 Å². The first kappa shape index (κ1) is 11.4. The first-order chi connectivity index (χ1) is 4.18. The van der Waals surface area contributed by atoms with Gasteiger partial charge in [0.15, 0.2) is 0 Å². The molecule has 9 heavy (non-hydrogen) atoms. The van der Waals surface area contributed by atoms with Gasteiger partial charge in [-0.15, -0.1) is 0 Å². The molecule has 0 fully saturated rings. The lowest BCUT2D eigenvalue weighted by Gasteiger charge is -1.91. The summed E-state index contributed by atoms with van der Waals surface area (Å²) in [4.78, 5) is 10.2. The van der Waals surface area contributed by atoms with Crippen LogP contribution >= 0.6 is 9.47 Å². The maximum absolute atomic E-state index is 10.2. The van der Waals surface area contributed by atoms with Gasteiger partial charge in [-0.05, 0) is 6.92 Å². The van der Waals surface area contributed by atoms with Crippen LogP contribution in [0.4, 0.5) is 0 Å². The molecule has 0 rings (SSSR count). The van der Waals surface area contributed by atoms with Crippen molar-refractivity contribution >= 4 is 15.4 Å². The van der Waals surface area contributed by atoms with Gasteiger partial charge < -0.3 is 4.52 Å². The lowest BCUT2D eigenvalue weighted by molar-refractivity contribution is -0.128. The van der Waals surface area contributed by atoms with Crippen molar-refractivity contribution < 1.29 is 9.32 Å². The summed E-state index contributed by atoms with van der Waals surface area (Å²) < 4.78 is 4.19. The molecule has 0 spiro atoms. The molecule has 0 saturated carbocycles. The van der Waals surface area contributed by atoms with Crippen LogP contribution in [-0.2, 0) is 9.32 Å². The van der Waals surface area contributed by atoms with Crippen LogP contribution in [0.5, 0.6) is 0 Å². The van der Waals surface area contributed by atoms with E-state index in [-0.39, 0.29) is 5.97 Å². The van der Waals surface area contributed by atoms with Crippen LogP contribution < -0.4 is 0 Å². The van der Waals surface area contributed by atoms with Crippen LogP contribution in [0, 0.1) is 0 Å². The first-order valence-corrected chi connectivity index (χ1v) is 3.22. The summed E-state index contributed by atoms with van der Waals surface area (Å²) >= 11 is 0. The van der Waals surface area contributed by atoms with Crippen molar-refractivity contribution in [3.63, 3.8) is 0 Å². The molecule has 0 N–H and O–H groups in total. The molecule has 1 atom stereocenters. The Labute approximate surface area is 58.6 Å². The molecular weight excluding hydrogens is 135 g/mol. The van der Waals surface area contributed by atoms with Crippen LogP contribution in [0.2, 0.25) is 0 Å². The third-order valence-electron chi connectivity index (χ3n) is 0.455. The quantitative estimate of drug-likeness (QED) is 0.419. The minimum absolute atomic E-state index is 0.384. The Morgan fingerprint density at radius 1 is 1.56 bits per heavy atom. The van der Waals surface area contributed by atoms with Crippen molar-refractivity contribution in [2.45, 2.75) is 20.8 Å². The molecule has 0 aromatic rings. The number of rotatable bonds is 1. The highest BCUT2D eigenvalue weighted by atomic mass is 31.0. The van der Waals surface area contributed by atoms with Crippen molar-refractivity contribution in [2.24, 2.45) is 0 Å². The van der Waals surface area contributed by atoms with E-state index in [9.17, 15) is 4.79 Å². The van der Waals surface area contributed by atoms with Crippen LogP contribution in [0.15, 0.2) is 12.2 Å².